The summed E-state index contributed by atoms with van der Waals surface area (Å²) in [5.41, 5.74) is 2.46. The fraction of sp³-hybridized carbons (Fsp3) is 0.444. The van der Waals surface area contributed by atoms with Gasteiger partial charge in [-0.05, 0) is 87.8 Å². The minimum absolute atomic E-state index is 0.102. The van der Waals surface area contributed by atoms with Gasteiger partial charge in [0.15, 0.2) is 0 Å². The molecule has 3 rings (SSSR count). The van der Waals surface area contributed by atoms with Crippen LogP contribution in [0.2, 0.25) is 0 Å². The number of esters is 1. The van der Waals surface area contributed by atoms with Crippen LogP contribution >= 0.6 is 0 Å². The molecule has 0 saturated heterocycles. The van der Waals surface area contributed by atoms with E-state index in [4.69, 9.17) is 9.47 Å². The lowest BCUT2D eigenvalue weighted by Gasteiger charge is -2.31. The zero-order valence-corrected chi connectivity index (χ0v) is 21.1. The van der Waals surface area contributed by atoms with Gasteiger partial charge in [-0.2, -0.15) is 0 Å². The van der Waals surface area contributed by atoms with Crippen molar-refractivity contribution in [2.75, 3.05) is 24.9 Å². The second-order valence-electron chi connectivity index (χ2n) is 9.56. The second kappa shape index (κ2) is 11.3. The molecule has 8 nitrogen and oxygen atoms in total. The number of rotatable bonds is 7. The fourth-order valence-corrected chi connectivity index (χ4v) is 4.45. The molecule has 188 valence electrons. The van der Waals surface area contributed by atoms with Gasteiger partial charge in [0, 0.05) is 11.6 Å². The van der Waals surface area contributed by atoms with Gasteiger partial charge in [-0.25, -0.2) is 9.59 Å². The zero-order valence-electron chi connectivity index (χ0n) is 21.1. The highest BCUT2D eigenvalue weighted by atomic mass is 16.5. The van der Waals surface area contributed by atoms with Crippen molar-refractivity contribution in [1.29, 1.82) is 0 Å². The average molecular weight is 482 g/mol. The number of hydrogen-bond acceptors (Lipinski definition) is 5. The second-order valence-corrected chi connectivity index (χ2v) is 9.56. The molecule has 2 aromatic rings. The highest BCUT2D eigenvalue weighted by Crippen LogP contribution is 2.36. The molecule has 0 aromatic heterocycles. The van der Waals surface area contributed by atoms with Gasteiger partial charge in [0.05, 0.1) is 19.9 Å². The first-order valence-corrected chi connectivity index (χ1v) is 11.9. The molecule has 1 saturated carbocycles. The third-order valence-corrected chi connectivity index (χ3v) is 6.47. The van der Waals surface area contributed by atoms with Gasteiger partial charge in [0.1, 0.15) is 11.3 Å². The van der Waals surface area contributed by atoms with E-state index in [0.717, 1.165) is 31.2 Å². The van der Waals surface area contributed by atoms with Gasteiger partial charge in [0.2, 0.25) is 5.91 Å². The lowest BCUT2D eigenvalue weighted by Crippen LogP contribution is -2.52. The minimum atomic E-state index is -1.04. The van der Waals surface area contributed by atoms with Crippen LogP contribution in [0.15, 0.2) is 42.5 Å². The van der Waals surface area contributed by atoms with Gasteiger partial charge in [-0.1, -0.05) is 18.2 Å². The largest absolute Gasteiger partial charge is 0.495 e. The topological polar surface area (TPSA) is 106 Å². The summed E-state index contributed by atoms with van der Waals surface area (Å²) in [5.74, 6) is 0.277. The number of nitrogens with one attached hydrogen (secondary N) is 3. The summed E-state index contributed by atoms with van der Waals surface area (Å²) in [7, 11) is 2.88. The Morgan fingerprint density at radius 2 is 1.57 bits per heavy atom. The van der Waals surface area contributed by atoms with Crippen molar-refractivity contribution in [2.45, 2.75) is 57.9 Å². The quantitative estimate of drug-likeness (QED) is 0.483. The van der Waals surface area contributed by atoms with E-state index in [1.54, 1.807) is 21.0 Å². The Balaban J connectivity index is 1.52. The van der Waals surface area contributed by atoms with Crippen LogP contribution in [-0.2, 0) is 14.3 Å². The van der Waals surface area contributed by atoms with Crippen LogP contribution in [0.25, 0.3) is 0 Å². The lowest BCUT2D eigenvalue weighted by molar-refractivity contribution is -0.150. The van der Waals surface area contributed by atoms with Crippen molar-refractivity contribution in [1.82, 2.24) is 5.32 Å². The van der Waals surface area contributed by atoms with Crippen LogP contribution in [0.5, 0.6) is 5.75 Å². The first kappa shape index (κ1) is 26.1. The summed E-state index contributed by atoms with van der Waals surface area (Å²) in [6.45, 7) is 5.25. The Bertz CT molecular complexity index is 1060. The molecule has 35 heavy (non-hydrogen) atoms. The van der Waals surface area contributed by atoms with E-state index in [1.807, 2.05) is 49.4 Å². The Hall–Kier alpha value is -3.55. The molecule has 3 N–H and O–H groups in total. The summed E-state index contributed by atoms with van der Waals surface area (Å²) in [6.07, 6.45) is 3.29. The van der Waals surface area contributed by atoms with E-state index in [2.05, 4.69) is 16.0 Å². The number of hydrogen-bond donors (Lipinski definition) is 3. The van der Waals surface area contributed by atoms with Crippen LogP contribution in [0.1, 0.15) is 56.6 Å². The Kier molecular flexibility index (Phi) is 8.38. The number of amides is 3. The molecule has 2 aromatic carbocycles. The van der Waals surface area contributed by atoms with Crippen LogP contribution in [0.3, 0.4) is 0 Å². The van der Waals surface area contributed by atoms with E-state index < -0.39 is 11.5 Å². The molecule has 0 spiro atoms. The Labute approximate surface area is 206 Å². The molecular formula is C27H35N3O5. The average Bonchev–Trinajstić information content (AvgIpc) is 2.84. The van der Waals surface area contributed by atoms with Gasteiger partial charge >= 0.3 is 12.0 Å². The van der Waals surface area contributed by atoms with Crippen LogP contribution in [0, 0.1) is 12.8 Å². The fourth-order valence-electron chi connectivity index (χ4n) is 4.45. The van der Waals surface area contributed by atoms with E-state index in [9.17, 15) is 14.4 Å². The molecule has 0 heterocycles. The monoisotopic (exact) mass is 481 g/mol. The van der Waals surface area contributed by atoms with Crippen molar-refractivity contribution in [2.24, 2.45) is 5.92 Å². The molecule has 0 aliphatic heterocycles. The lowest BCUT2D eigenvalue weighted by atomic mass is 9.78. The Morgan fingerprint density at radius 3 is 2.17 bits per heavy atom. The Morgan fingerprint density at radius 1 is 0.914 bits per heavy atom. The summed E-state index contributed by atoms with van der Waals surface area (Å²) >= 11 is 0. The predicted molar refractivity (Wildman–Crippen MR) is 136 cm³/mol. The number of anilines is 2. The molecule has 3 amide bonds. The van der Waals surface area contributed by atoms with Crippen molar-refractivity contribution in [3.63, 3.8) is 0 Å². The van der Waals surface area contributed by atoms with Gasteiger partial charge in [0.25, 0.3) is 0 Å². The van der Waals surface area contributed by atoms with Gasteiger partial charge in [-0.3, -0.25) is 4.79 Å². The number of carbonyl (C=O) groups is 3. The number of carbonyl (C=O) groups excluding carboxylic acids is 3. The number of aryl methyl sites for hydroxylation is 1. The first-order valence-electron chi connectivity index (χ1n) is 11.9. The van der Waals surface area contributed by atoms with E-state index in [0.29, 0.717) is 23.0 Å². The summed E-state index contributed by atoms with van der Waals surface area (Å²) in [4.78, 5) is 36.9. The third-order valence-electron chi connectivity index (χ3n) is 6.47. The van der Waals surface area contributed by atoms with E-state index in [-0.39, 0.29) is 17.9 Å². The van der Waals surface area contributed by atoms with Crippen molar-refractivity contribution in [3.05, 3.63) is 53.6 Å². The number of urea groups is 1. The van der Waals surface area contributed by atoms with Crippen molar-refractivity contribution < 1.29 is 23.9 Å². The SMILES string of the molecule is COC(=O)C(C)(C)NC(=O)C1CCC(c2ccc(NC(=O)Nc3cc(C)ccc3OC)cc2)CC1. The maximum Gasteiger partial charge on any atom is 0.330 e. The van der Waals surface area contributed by atoms with E-state index in [1.165, 1.54) is 12.7 Å². The molecule has 0 atom stereocenters. The normalized spacial score (nSPS) is 17.7. The molecule has 1 aliphatic rings. The smallest absolute Gasteiger partial charge is 0.330 e. The van der Waals surface area contributed by atoms with E-state index >= 15 is 0 Å². The van der Waals surface area contributed by atoms with Gasteiger partial charge < -0.3 is 25.4 Å². The standard InChI is InChI=1S/C27H35N3O5/c1-17-6-15-23(34-4)22(16-17)29-26(33)28-21-13-11-19(12-14-21)18-7-9-20(10-8-18)24(31)30-27(2,3)25(32)35-5/h6,11-16,18,20H,7-10H2,1-5H3,(H,30,31)(H2,28,29,33). The van der Waals surface area contributed by atoms with Crippen LogP contribution in [0.4, 0.5) is 16.2 Å². The summed E-state index contributed by atoms with van der Waals surface area (Å²) < 4.78 is 10.1. The third kappa shape index (κ3) is 6.74. The molecule has 0 bridgehead atoms. The molecule has 0 unspecified atom stereocenters. The predicted octanol–water partition coefficient (Wildman–Crippen LogP) is 4.99. The first-order chi connectivity index (χ1) is 16.6. The van der Waals surface area contributed by atoms with Gasteiger partial charge in [-0.15, -0.1) is 0 Å². The molecule has 1 fully saturated rings. The summed E-state index contributed by atoms with van der Waals surface area (Å²) in [6, 6.07) is 13.1. The van der Waals surface area contributed by atoms with Crippen molar-refractivity contribution >= 4 is 29.3 Å². The molecule has 8 heteroatoms. The number of benzene rings is 2. The maximum atomic E-state index is 12.6. The van der Waals surface area contributed by atoms with Crippen molar-refractivity contribution in [3.8, 4) is 5.75 Å². The maximum absolute atomic E-state index is 12.6. The molecule has 1 aliphatic carbocycles. The highest BCUT2D eigenvalue weighted by molar-refractivity contribution is 6.00. The van der Waals surface area contributed by atoms with Crippen LogP contribution in [-0.4, -0.2) is 37.7 Å². The van der Waals surface area contributed by atoms with Crippen LogP contribution < -0.4 is 20.7 Å². The molecule has 0 radical (unpaired) electrons. The number of ether oxygens (including phenoxy) is 2. The minimum Gasteiger partial charge on any atom is -0.495 e. The highest BCUT2D eigenvalue weighted by Gasteiger charge is 2.34. The molecular weight excluding hydrogens is 446 g/mol. The summed E-state index contributed by atoms with van der Waals surface area (Å²) in [5, 5.41) is 8.50. The number of methoxy groups -OCH3 is 2. The zero-order chi connectivity index (χ0) is 25.6.